The van der Waals surface area contributed by atoms with Crippen molar-refractivity contribution in [2.75, 3.05) is 6.61 Å². The second-order valence-corrected chi connectivity index (χ2v) is 2.90. The summed E-state index contributed by atoms with van der Waals surface area (Å²) in [6, 6.07) is 4.53. The van der Waals surface area contributed by atoms with Gasteiger partial charge in [0.05, 0.1) is 0 Å². The molecule has 0 spiro atoms. The van der Waals surface area contributed by atoms with Crippen molar-refractivity contribution in [2.45, 2.75) is 5.92 Å². The zero-order valence-corrected chi connectivity index (χ0v) is 7.33. The molecule has 0 aliphatic rings. The maximum absolute atomic E-state index is 13.0. The molecule has 0 amide bonds. The minimum Gasteiger partial charge on any atom is -0.396 e. The SMILES string of the molecule is [CH2]C(CO)c1cc(F)cc(C=C)c1. The molecular weight excluding hydrogens is 167 g/mol. The molecule has 0 fully saturated rings. The van der Waals surface area contributed by atoms with Gasteiger partial charge in [0.2, 0.25) is 0 Å². The summed E-state index contributed by atoms with van der Waals surface area (Å²) in [5.41, 5.74) is 1.40. The van der Waals surface area contributed by atoms with E-state index in [0.717, 1.165) is 0 Å². The van der Waals surface area contributed by atoms with Crippen molar-refractivity contribution in [2.24, 2.45) is 0 Å². The van der Waals surface area contributed by atoms with E-state index >= 15 is 0 Å². The molecule has 69 valence electrons. The molecule has 0 saturated heterocycles. The predicted molar refractivity (Wildman–Crippen MR) is 51.7 cm³/mol. The van der Waals surface area contributed by atoms with Crippen molar-refractivity contribution in [1.82, 2.24) is 0 Å². The van der Waals surface area contributed by atoms with Crippen LogP contribution >= 0.6 is 0 Å². The molecule has 0 saturated carbocycles. The predicted octanol–water partition coefficient (Wildman–Crippen LogP) is 2.38. The van der Waals surface area contributed by atoms with E-state index in [9.17, 15) is 4.39 Å². The van der Waals surface area contributed by atoms with Crippen molar-refractivity contribution in [3.63, 3.8) is 0 Å². The average molecular weight is 179 g/mol. The van der Waals surface area contributed by atoms with Crippen LogP contribution in [0.4, 0.5) is 4.39 Å². The molecule has 0 aromatic heterocycles. The fourth-order valence-electron chi connectivity index (χ4n) is 1.09. The Kier molecular flexibility index (Phi) is 3.20. The molecule has 0 bridgehead atoms. The lowest BCUT2D eigenvalue weighted by Crippen LogP contribution is -2.00. The molecule has 13 heavy (non-hydrogen) atoms. The van der Waals surface area contributed by atoms with Crippen LogP contribution in [-0.4, -0.2) is 11.7 Å². The van der Waals surface area contributed by atoms with E-state index in [1.54, 1.807) is 12.1 Å². The Morgan fingerprint density at radius 1 is 1.46 bits per heavy atom. The van der Waals surface area contributed by atoms with Gasteiger partial charge in [-0.15, -0.1) is 0 Å². The molecule has 1 aromatic carbocycles. The average Bonchev–Trinajstić information content (AvgIpc) is 2.15. The first kappa shape index (κ1) is 9.93. The molecule has 1 aromatic rings. The maximum Gasteiger partial charge on any atom is 0.124 e. The fourth-order valence-corrected chi connectivity index (χ4v) is 1.09. The van der Waals surface area contributed by atoms with Gasteiger partial charge in [0.25, 0.3) is 0 Å². The van der Waals surface area contributed by atoms with Gasteiger partial charge < -0.3 is 5.11 Å². The lowest BCUT2D eigenvalue weighted by molar-refractivity contribution is 0.282. The highest BCUT2D eigenvalue weighted by Crippen LogP contribution is 2.18. The third kappa shape index (κ3) is 2.39. The van der Waals surface area contributed by atoms with Gasteiger partial charge in [0, 0.05) is 12.5 Å². The standard InChI is InChI=1S/C11H12FO/c1-3-9-4-10(8(2)7-13)6-11(12)5-9/h3-6,8,13H,1-2,7H2. The number of aliphatic hydroxyl groups is 1. The molecule has 1 radical (unpaired) electrons. The smallest absolute Gasteiger partial charge is 0.124 e. The lowest BCUT2D eigenvalue weighted by Gasteiger charge is -2.08. The number of halogens is 1. The summed E-state index contributed by atoms with van der Waals surface area (Å²) in [6.45, 7) is 7.16. The Balaban J connectivity index is 3.07. The molecule has 0 heterocycles. The van der Waals surface area contributed by atoms with E-state index in [-0.39, 0.29) is 18.3 Å². The van der Waals surface area contributed by atoms with Crippen LogP contribution in [0, 0.1) is 12.7 Å². The summed E-state index contributed by atoms with van der Waals surface area (Å²) in [7, 11) is 0. The number of benzene rings is 1. The zero-order chi connectivity index (χ0) is 9.84. The highest BCUT2D eigenvalue weighted by Gasteiger charge is 2.06. The first-order valence-electron chi connectivity index (χ1n) is 4.04. The number of hydrogen-bond acceptors (Lipinski definition) is 1. The largest absolute Gasteiger partial charge is 0.396 e. The van der Waals surface area contributed by atoms with Gasteiger partial charge in [0.15, 0.2) is 0 Å². The summed E-state index contributed by atoms with van der Waals surface area (Å²) >= 11 is 0. The van der Waals surface area contributed by atoms with Gasteiger partial charge in [-0.2, -0.15) is 0 Å². The molecule has 1 nitrogen and oxygen atoms in total. The Labute approximate surface area is 77.5 Å². The number of hydrogen-bond donors (Lipinski definition) is 1. The summed E-state index contributed by atoms with van der Waals surface area (Å²) in [5.74, 6) is -0.607. The van der Waals surface area contributed by atoms with Crippen molar-refractivity contribution in [3.8, 4) is 0 Å². The van der Waals surface area contributed by atoms with Gasteiger partial charge >= 0.3 is 0 Å². The van der Waals surface area contributed by atoms with E-state index in [2.05, 4.69) is 13.5 Å². The molecule has 1 atom stereocenters. The van der Waals surface area contributed by atoms with Crippen LogP contribution in [0.25, 0.3) is 6.08 Å². The van der Waals surface area contributed by atoms with E-state index in [0.29, 0.717) is 11.1 Å². The first-order chi connectivity index (χ1) is 6.17. The van der Waals surface area contributed by atoms with Gasteiger partial charge in [-0.25, -0.2) is 4.39 Å². The normalized spacial score (nSPS) is 12.5. The van der Waals surface area contributed by atoms with E-state index < -0.39 is 0 Å². The highest BCUT2D eigenvalue weighted by molar-refractivity contribution is 5.49. The van der Waals surface area contributed by atoms with Crippen LogP contribution in [-0.2, 0) is 0 Å². The third-order valence-electron chi connectivity index (χ3n) is 1.87. The van der Waals surface area contributed by atoms with E-state index in [1.165, 1.54) is 12.1 Å². The Hall–Kier alpha value is -1.15. The van der Waals surface area contributed by atoms with Crippen LogP contribution in [0.2, 0.25) is 0 Å². The summed E-state index contributed by atoms with van der Waals surface area (Å²) in [5, 5.41) is 8.83. The zero-order valence-electron chi connectivity index (χ0n) is 7.33. The first-order valence-corrected chi connectivity index (χ1v) is 4.04. The monoisotopic (exact) mass is 179 g/mol. The Morgan fingerprint density at radius 2 is 2.15 bits per heavy atom. The van der Waals surface area contributed by atoms with Gasteiger partial charge in [-0.05, 0) is 30.2 Å². The third-order valence-corrected chi connectivity index (χ3v) is 1.87. The van der Waals surface area contributed by atoms with Gasteiger partial charge in [0.1, 0.15) is 5.82 Å². The molecule has 0 aliphatic heterocycles. The molecule has 1 N–H and O–H groups in total. The van der Waals surface area contributed by atoms with Crippen LogP contribution in [0.5, 0.6) is 0 Å². The summed E-state index contributed by atoms with van der Waals surface area (Å²) in [6.07, 6.45) is 1.57. The minimum atomic E-state index is -0.325. The Morgan fingerprint density at radius 3 is 2.69 bits per heavy atom. The summed E-state index contributed by atoms with van der Waals surface area (Å²) < 4.78 is 13.0. The van der Waals surface area contributed by atoms with Crippen molar-refractivity contribution >= 4 is 6.08 Å². The minimum absolute atomic E-state index is 0.0833. The second-order valence-electron chi connectivity index (χ2n) is 2.90. The fraction of sp³-hybridized carbons (Fsp3) is 0.182. The van der Waals surface area contributed by atoms with Crippen LogP contribution in [0.1, 0.15) is 17.0 Å². The lowest BCUT2D eigenvalue weighted by atomic mass is 10.00. The van der Waals surface area contributed by atoms with Crippen molar-refractivity contribution in [3.05, 3.63) is 48.6 Å². The molecule has 1 unspecified atom stereocenters. The second kappa shape index (κ2) is 4.19. The Bertz CT molecular complexity index is 307. The maximum atomic E-state index is 13.0. The molecule has 2 heteroatoms. The van der Waals surface area contributed by atoms with Gasteiger partial charge in [-0.1, -0.05) is 18.7 Å². The quantitative estimate of drug-likeness (QED) is 0.755. The van der Waals surface area contributed by atoms with E-state index in [1.807, 2.05) is 0 Å². The van der Waals surface area contributed by atoms with Crippen LogP contribution in [0.3, 0.4) is 0 Å². The van der Waals surface area contributed by atoms with Crippen LogP contribution in [0.15, 0.2) is 24.8 Å². The number of rotatable bonds is 3. The molecule has 0 aliphatic carbocycles. The highest BCUT2D eigenvalue weighted by atomic mass is 19.1. The van der Waals surface area contributed by atoms with Crippen molar-refractivity contribution < 1.29 is 9.50 Å². The molecule has 1 rings (SSSR count). The van der Waals surface area contributed by atoms with Gasteiger partial charge in [-0.3, -0.25) is 0 Å². The summed E-state index contributed by atoms with van der Waals surface area (Å²) in [4.78, 5) is 0. The number of aliphatic hydroxyl groups excluding tert-OH is 1. The van der Waals surface area contributed by atoms with Crippen molar-refractivity contribution in [1.29, 1.82) is 0 Å². The van der Waals surface area contributed by atoms with E-state index in [4.69, 9.17) is 5.11 Å². The molecular formula is C11H12FO. The van der Waals surface area contributed by atoms with Crippen LogP contribution < -0.4 is 0 Å². The topological polar surface area (TPSA) is 20.2 Å².